The van der Waals surface area contributed by atoms with Gasteiger partial charge in [-0.1, -0.05) is 13.3 Å². The number of nitrogens with zero attached hydrogens (tertiary/aromatic N) is 2. The maximum Gasteiger partial charge on any atom is 0.191 e. The van der Waals surface area contributed by atoms with E-state index in [-0.39, 0.29) is 24.0 Å². The van der Waals surface area contributed by atoms with Gasteiger partial charge in [-0.25, -0.2) is 4.99 Å². The van der Waals surface area contributed by atoms with Crippen LogP contribution in [0.25, 0.3) is 0 Å². The Bertz CT molecular complexity index is 487. The zero-order valence-electron chi connectivity index (χ0n) is 15.2. The number of nitrogens with one attached hydrogen (secondary N) is 2. The number of ether oxygens (including phenoxy) is 1. The quantitative estimate of drug-likeness (QED) is 0.258. The van der Waals surface area contributed by atoms with Crippen molar-refractivity contribution < 1.29 is 4.74 Å². The maximum absolute atomic E-state index is 5.65. The highest BCUT2D eigenvalue weighted by molar-refractivity contribution is 14.0. The molecule has 1 aromatic heterocycles. The molecule has 25 heavy (non-hydrogen) atoms. The molecule has 1 aliphatic carbocycles. The lowest BCUT2D eigenvalue weighted by Gasteiger charge is -2.30. The summed E-state index contributed by atoms with van der Waals surface area (Å²) in [5.41, 5.74) is 0. The van der Waals surface area contributed by atoms with E-state index in [2.05, 4.69) is 46.2 Å². The Morgan fingerprint density at radius 3 is 3.00 bits per heavy atom. The fourth-order valence-electron chi connectivity index (χ4n) is 2.93. The van der Waals surface area contributed by atoms with Crippen LogP contribution in [0.15, 0.2) is 29.5 Å². The van der Waals surface area contributed by atoms with Crippen LogP contribution in [0.5, 0.6) is 5.75 Å². The van der Waals surface area contributed by atoms with E-state index in [0.717, 1.165) is 23.5 Å². The average molecular weight is 478 g/mol. The van der Waals surface area contributed by atoms with Gasteiger partial charge in [0.15, 0.2) is 5.96 Å². The van der Waals surface area contributed by atoms with Crippen LogP contribution in [0.3, 0.4) is 0 Å². The van der Waals surface area contributed by atoms with Crippen molar-refractivity contribution in [1.29, 1.82) is 0 Å². The van der Waals surface area contributed by atoms with Crippen molar-refractivity contribution in [2.75, 3.05) is 25.4 Å². The standard InChI is InChI=1S/C18H30N4OS.HI/c1-3-20-18(21-11-12-23-16-8-6-10-19-14-16)22-15-7-5-9-17(13-15)24-4-2;/h6,8,10,14-15,17H,3-5,7,9,11-13H2,1-2H3,(H2,20,21,22);1H. The molecule has 1 heterocycles. The number of thioether (sulfide) groups is 1. The van der Waals surface area contributed by atoms with E-state index in [1.807, 2.05) is 12.1 Å². The van der Waals surface area contributed by atoms with Crippen LogP contribution in [0, 0.1) is 0 Å². The molecular formula is C18H31IN4OS. The molecule has 142 valence electrons. The van der Waals surface area contributed by atoms with Crippen molar-refractivity contribution in [3.05, 3.63) is 24.5 Å². The van der Waals surface area contributed by atoms with Crippen molar-refractivity contribution >= 4 is 41.7 Å². The first kappa shape index (κ1) is 22.3. The molecule has 0 aromatic carbocycles. The highest BCUT2D eigenvalue weighted by atomic mass is 127. The topological polar surface area (TPSA) is 58.5 Å². The molecule has 0 radical (unpaired) electrons. The molecule has 2 atom stereocenters. The predicted molar refractivity (Wildman–Crippen MR) is 118 cm³/mol. The summed E-state index contributed by atoms with van der Waals surface area (Å²) in [4.78, 5) is 8.68. The van der Waals surface area contributed by atoms with Crippen LogP contribution >= 0.6 is 35.7 Å². The summed E-state index contributed by atoms with van der Waals surface area (Å²) in [6.07, 6.45) is 8.59. The molecule has 0 aliphatic heterocycles. The van der Waals surface area contributed by atoms with Gasteiger partial charge in [-0.05, 0) is 44.1 Å². The van der Waals surface area contributed by atoms with Crippen LogP contribution in [0.2, 0.25) is 0 Å². The van der Waals surface area contributed by atoms with Crippen molar-refractivity contribution in [2.24, 2.45) is 4.99 Å². The Kier molecular flexibility index (Phi) is 12.1. The Balaban J connectivity index is 0.00000312. The lowest BCUT2D eigenvalue weighted by Crippen LogP contribution is -2.45. The molecule has 2 N–H and O–H groups in total. The fourth-order valence-corrected chi connectivity index (χ4v) is 4.10. The third kappa shape index (κ3) is 8.99. The summed E-state index contributed by atoms with van der Waals surface area (Å²) in [5, 5.41) is 7.73. The molecule has 0 bridgehead atoms. The highest BCUT2D eigenvalue weighted by Gasteiger charge is 2.22. The Hall–Kier alpha value is -0.700. The number of guanidine groups is 1. The largest absolute Gasteiger partial charge is 0.490 e. The first-order valence-corrected chi connectivity index (χ1v) is 10.1. The summed E-state index contributed by atoms with van der Waals surface area (Å²) in [6.45, 7) is 6.40. The van der Waals surface area contributed by atoms with Gasteiger partial charge < -0.3 is 15.4 Å². The highest BCUT2D eigenvalue weighted by Crippen LogP contribution is 2.28. The second-order valence-corrected chi connectivity index (χ2v) is 7.46. The van der Waals surface area contributed by atoms with Crippen molar-refractivity contribution in [3.8, 4) is 5.75 Å². The SMILES string of the molecule is CCNC(=NCCOc1cccnc1)NC1CCCC(SCC)C1.I. The van der Waals surface area contributed by atoms with E-state index < -0.39 is 0 Å². The van der Waals surface area contributed by atoms with Gasteiger partial charge in [-0.3, -0.25) is 4.98 Å². The van der Waals surface area contributed by atoms with E-state index >= 15 is 0 Å². The molecule has 2 rings (SSSR count). The molecular weight excluding hydrogens is 447 g/mol. The molecule has 7 heteroatoms. The molecule has 1 aliphatic rings. The lowest BCUT2D eigenvalue weighted by molar-refractivity contribution is 0.327. The van der Waals surface area contributed by atoms with Gasteiger partial charge in [0, 0.05) is 24.0 Å². The van der Waals surface area contributed by atoms with Gasteiger partial charge in [-0.15, -0.1) is 24.0 Å². The zero-order valence-corrected chi connectivity index (χ0v) is 18.4. The Morgan fingerprint density at radius 1 is 1.40 bits per heavy atom. The second-order valence-electron chi connectivity index (χ2n) is 5.88. The number of hydrogen-bond donors (Lipinski definition) is 2. The summed E-state index contributed by atoms with van der Waals surface area (Å²) >= 11 is 2.09. The third-order valence-electron chi connectivity index (χ3n) is 3.98. The van der Waals surface area contributed by atoms with E-state index in [9.17, 15) is 0 Å². The lowest BCUT2D eigenvalue weighted by atomic mass is 9.95. The monoisotopic (exact) mass is 478 g/mol. The van der Waals surface area contributed by atoms with E-state index in [1.165, 1.54) is 31.4 Å². The van der Waals surface area contributed by atoms with Gasteiger partial charge in [0.25, 0.3) is 0 Å². The minimum atomic E-state index is 0. The Labute approximate surface area is 173 Å². The normalized spacial score (nSPS) is 20.5. The van der Waals surface area contributed by atoms with Crippen molar-refractivity contribution in [1.82, 2.24) is 15.6 Å². The number of hydrogen-bond acceptors (Lipinski definition) is 4. The summed E-state index contributed by atoms with van der Waals surface area (Å²) in [7, 11) is 0. The first-order chi connectivity index (χ1) is 11.8. The van der Waals surface area contributed by atoms with Crippen LogP contribution in [-0.2, 0) is 0 Å². The molecule has 1 aromatic rings. The number of pyridine rings is 1. The summed E-state index contributed by atoms with van der Waals surface area (Å²) in [6, 6.07) is 4.31. The van der Waals surface area contributed by atoms with Crippen LogP contribution in [-0.4, -0.2) is 47.7 Å². The van der Waals surface area contributed by atoms with E-state index in [1.54, 1.807) is 12.4 Å². The zero-order chi connectivity index (χ0) is 17.0. The molecule has 2 unspecified atom stereocenters. The average Bonchev–Trinajstić information content (AvgIpc) is 2.60. The number of rotatable bonds is 8. The van der Waals surface area contributed by atoms with Crippen molar-refractivity contribution in [2.45, 2.75) is 50.8 Å². The van der Waals surface area contributed by atoms with Gasteiger partial charge in [0.05, 0.1) is 12.7 Å². The van der Waals surface area contributed by atoms with Crippen LogP contribution < -0.4 is 15.4 Å². The first-order valence-electron chi connectivity index (χ1n) is 9.01. The number of halogens is 1. The predicted octanol–water partition coefficient (Wildman–Crippen LogP) is 3.70. The minimum absolute atomic E-state index is 0. The maximum atomic E-state index is 5.65. The second kappa shape index (κ2) is 13.5. The fraction of sp³-hybridized carbons (Fsp3) is 0.667. The van der Waals surface area contributed by atoms with Crippen LogP contribution in [0.1, 0.15) is 39.5 Å². The molecule has 0 spiro atoms. The molecule has 5 nitrogen and oxygen atoms in total. The van der Waals surface area contributed by atoms with Crippen LogP contribution in [0.4, 0.5) is 0 Å². The summed E-state index contributed by atoms with van der Waals surface area (Å²) in [5.74, 6) is 2.90. The molecule has 0 amide bonds. The van der Waals surface area contributed by atoms with E-state index in [0.29, 0.717) is 19.2 Å². The van der Waals surface area contributed by atoms with E-state index in [4.69, 9.17) is 4.74 Å². The van der Waals surface area contributed by atoms with Gasteiger partial charge >= 0.3 is 0 Å². The third-order valence-corrected chi connectivity index (χ3v) is 5.21. The summed E-state index contributed by atoms with van der Waals surface area (Å²) < 4.78 is 5.65. The molecule has 1 fully saturated rings. The van der Waals surface area contributed by atoms with Crippen molar-refractivity contribution in [3.63, 3.8) is 0 Å². The minimum Gasteiger partial charge on any atom is -0.490 e. The molecule has 0 saturated heterocycles. The Morgan fingerprint density at radius 2 is 2.28 bits per heavy atom. The number of aromatic nitrogens is 1. The number of aliphatic imine (C=N–C) groups is 1. The van der Waals surface area contributed by atoms with Gasteiger partial charge in [0.2, 0.25) is 0 Å². The van der Waals surface area contributed by atoms with Gasteiger partial charge in [-0.2, -0.15) is 11.8 Å². The molecule has 1 saturated carbocycles. The smallest absolute Gasteiger partial charge is 0.191 e. The van der Waals surface area contributed by atoms with Gasteiger partial charge in [0.1, 0.15) is 12.4 Å².